The Morgan fingerprint density at radius 3 is 2.50 bits per heavy atom. The first-order valence-corrected chi connectivity index (χ1v) is 5.44. The number of rotatable bonds is 2. The van der Waals surface area contributed by atoms with Gasteiger partial charge in [0.25, 0.3) is 0 Å². The first-order chi connectivity index (χ1) is 6.50. The zero-order valence-corrected chi connectivity index (χ0v) is 10.5. The number of hydrogen-bond acceptors (Lipinski definition) is 1. The fourth-order valence-corrected chi connectivity index (χ4v) is 2.15. The fourth-order valence-electron chi connectivity index (χ4n) is 1.30. The lowest BCUT2D eigenvalue weighted by atomic mass is 10.0. The fraction of sp³-hybridized carbons (Fsp3) is 0.273. The van der Waals surface area contributed by atoms with Crippen molar-refractivity contribution in [3.05, 3.63) is 38.8 Å². The highest BCUT2D eigenvalue weighted by Gasteiger charge is 2.15. The zero-order chi connectivity index (χ0) is 10.9. The Labute approximate surface area is 97.5 Å². The summed E-state index contributed by atoms with van der Waals surface area (Å²) in [7, 11) is 0. The molecule has 76 valence electrons. The first kappa shape index (κ1) is 11.6. The molecular weight excluding hydrogens is 263 g/mol. The zero-order valence-electron chi connectivity index (χ0n) is 8.19. The molecule has 0 saturated carbocycles. The number of aromatic hydroxyl groups is 1. The minimum Gasteiger partial charge on any atom is -0.507 e. The van der Waals surface area contributed by atoms with E-state index < -0.39 is 0 Å². The molecule has 1 aromatic carbocycles. The predicted molar refractivity (Wildman–Crippen MR) is 64.2 cm³/mol. The van der Waals surface area contributed by atoms with Gasteiger partial charge in [0, 0.05) is 10.0 Å². The second kappa shape index (κ2) is 4.37. The lowest BCUT2D eigenvalue weighted by Gasteiger charge is -2.13. The van der Waals surface area contributed by atoms with Crippen molar-refractivity contribution in [1.82, 2.24) is 0 Å². The Balaban J connectivity index is 3.50. The molecule has 1 aromatic rings. The van der Waals surface area contributed by atoms with E-state index in [0.717, 1.165) is 21.2 Å². The molecule has 1 nitrogen and oxygen atoms in total. The van der Waals surface area contributed by atoms with Gasteiger partial charge in [-0.25, -0.2) is 0 Å². The van der Waals surface area contributed by atoms with Crippen LogP contribution in [-0.2, 0) is 6.42 Å². The van der Waals surface area contributed by atoms with Crippen LogP contribution in [0.3, 0.4) is 0 Å². The molecule has 0 aliphatic rings. The number of allylic oxidation sites excluding steroid dienone is 1. The molecule has 0 aliphatic carbocycles. The second-order valence-corrected chi connectivity index (χ2v) is 4.37. The van der Waals surface area contributed by atoms with Crippen LogP contribution in [0.2, 0.25) is 5.02 Å². The van der Waals surface area contributed by atoms with Crippen molar-refractivity contribution in [3.63, 3.8) is 0 Å². The van der Waals surface area contributed by atoms with Crippen LogP contribution in [0.15, 0.2) is 17.1 Å². The molecule has 1 rings (SSSR count). The van der Waals surface area contributed by atoms with Gasteiger partial charge in [0.05, 0.1) is 5.02 Å². The van der Waals surface area contributed by atoms with Gasteiger partial charge in [-0.1, -0.05) is 17.7 Å². The Kier molecular flexibility index (Phi) is 3.62. The van der Waals surface area contributed by atoms with E-state index in [2.05, 4.69) is 22.5 Å². The highest BCUT2D eigenvalue weighted by Crippen LogP contribution is 2.39. The summed E-state index contributed by atoms with van der Waals surface area (Å²) in [5.74, 6) is 0.274. The minimum absolute atomic E-state index is 0.274. The minimum atomic E-state index is 0.274. The van der Waals surface area contributed by atoms with Crippen molar-refractivity contribution in [3.8, 4) is 5.75 Å². The first-order valence-electron chi connectivity index (χ1n) is 4.27. The molecule has 1 N–H and O–H groups in total. The van der Waals surface area contributed by atoms with Crippen molar-refractivity contribution in [1.29, 1.82) is 0 Å². The standard InChI is InChI=1S/C11H12BrClO/c1-4-5-8-10(13)9(12)6(2)7(3)11(8)14/h4,14H,1,5H2,2-3H3. The molecule has 0 amide bonds. The van der Waals surface area contributed by atoms with E-state index in [4.69, 9.17) is 11.6 Å². The van der Waals surface area contributed by atoms with E-state index in [1.807, 2.05) is 13.8 Å². The van der Waals surface area contributed by atoms with Crippen LogP contribution in [0, 0.1) is 13.8 Å². The van der Waals surface area contributed by atoms with E-state index in [1.54, 1.807) is 6.08 Å². The number of phenols is 1. The van der Waals surface area contributed by atoms with E-state index in [0.29, 0.717) is 11.4 Å². The molecule has 0 fully saturated rings. The van der Waals surface area contributed by atoms with Crippen LogP contribution >= 0.6 is 27.5 Å². The highest BCUT2D eigenvalue weighted by atomic mass is 79.9. The third kappa shape index (κ3) is 1.82. The maximum Gasteiger partial charge on any atom is 0.123 e. The molecule has 0 unspecified atom stereocenters. The van der Waals surface area contributed by atoms with Crippen LogP contribution < -0.4 is 0 Å². The van der Waals surface area contributed by atoms with Gasteiger partial charge < -0.3 is 5.11 Å². The predicted octanol–water partition coefficient (Wildman–Crippen LogP) is 4.15. The van der Waals surface area contributed by atoms with Gasteiger partial charge in [-0.05, 0) is 47.3 Å². The molecule has 0 radical (unpaired) electrons. The summed E-state index contributed by atoms with van der Waals surface area (Å²) >= 11 is 9.51. The number of halogens is 2. The van der Waals surface area contributed by atoms with Crippen molar-refractivity contribution < 1.29 is 5.11 Å². The molecule has 0 spiro atoms. The topological polar surface area (TPSA) is 20.2 Å². The Morgan fingerprint density at radius 2 is 2.00 bits per heavy atom. The van der Waals surface area contributed by atoms with Crippen LogP contribution in [-0.4, -0.2) is 5.11 Å². The SMILES string of the molecule is C=CCc1c(O)c(C)c(C)c(Br)c1Cl. The van der Waals surface area contributed by atoms with Crippen LogP contribution in [0.4, 0.5) is 0 Å². The second-order valence-electron chi connectivity index (χ2n) is 3.20. The Hall–Kier alpha value is -0.470. The van der Waals surface area contributed by atoms with E-state index in [9.17, 15) is 5.11 Å². The summed E-state index contributed by atoms with van der Waals surface area (Å²) in [6, 6.07) is 0. The lowest BCUT2D eigenvalue weighted by Crippen LogP contribution is -1.93. The summed E-state index contributed by atoms with van der Waals surface area (Å²) < 4.78 is 0.853. The highest BCUT2D eigenvalue weighted by molar-refractivity contribution is 9.10. The summed E-state index contributed by atoms with van der Waals surface area (Å²) in [5, 5.41) is 10.4. The number of hydrogen-bond donors (Lipinski definition) is 1. The smallest absolute Gasteiger partial charge is 0.123 e. The molecule has 0 heterocycles. The third-order valence-electron chi connectivity index (χ3n) is 2.34. The van der Waals surface area contributed by atoms with Crippen LogP contribution in [0.5, 0.6) is 5.75 Å². The van der Waals surface area contributed by atoms with E-state index >= 15 is 0 Å². The average molecular weight is 276 g/mol. The van der Waals surface area contributed by atoms with Gasteiger partial charge in [-0.3, -0.25) is 0 Å². The summed E-state index contributed by atoms with van der Waals surface area (Å²) in [6.07, 6.45) is 2.30. The quantitative estimate of drug-likeness (QED) is 0.804. The van der Waals surface area contributed by atoms with Gasteiger partial charge in [-0.15, -0.1) is 6.58 Å². The van der Waals surface area contributed by atoms with Gasteiger partial charge in [0.15, 0.2) is 0 Å². The van der Waals surface area contributed by atoms with Crippen molar-refractivity contribution in [2.75, 3.05) is 0 Å². The number of benzene rings is 1. The maximum absolute atomic E-state index is 9.86. The molecular formula is C11H12BrClO. The van der Waals surface area contributed by atoms with Gasteiger partial charge in [0.2, 0.25) is 0 Å². The normalized spacial score (nSPS) is 10.3. The number of phenolic OH excluding ortho intramolecular Hbond substituents is 1. The molecule has 0 aliphatic heterocycles. The largest absolute Gasteiger partial charge is 0.507 e. The maximum atomic E-state index is 9.86. The average Bonchev–Trinajstić information content (AvgIpc) is 2.19. The Bertz CT molecular complexity index is 356. The van der Waals surface area contributed by atoms with E-state index in [-0.39, 0.29) is 5.75 Å². The van der Waals surface area contributed by atoms with Crippen molar-refractivity contribution in [2.24, 2.45) is 0 Å². The van der Waals surface area contributed by atoms with Crippen molar-refractivity contribution in [2.45, 2.75) is 20.3 Å². The van der Waals surface area contributed by atoms with E-state index in [1.165, 1.54) is 0 Å². The van der Waals surface area contributed by atoms with Crippen LogP contribution in [0.25, 0.3) is 0 Å². The van der Waals surface area contributed by atoms with Gasteiger partial charge in [-0.2, -0.15) is 0 Å². The summed E-state index contributed by atoms with van der Waals surface area (Å²) in [4.78, 5) is 0. The molecule has 0 atom stereocenters. The summed E-state index contributed by atoms with van der Waals surface area (Å²) in [5.41, 5.74) is 2.56. The van der Waals surface area contributed by atoms with Crippen LogP contribution in [0.1, 0.15) is 16.7 Å². The molecule has 0 aromatic heterocycles. The molecule has 14 heavy (non-hydrogen) atoms. The van der Waals surface area contributed by atoms with Gasteiger partial charge >= 0.3 is 0 Å². The third-order valence-corrected chi connectivity index (χ3v) is 3.98. The monoisotopic (exact) mass is 274 g/mol. The van der Waals surface area contributed by atoms with Gasteiger partial charge in [0.1, 0.15) is 5.75 Å². The lowest BCUT2D eigenvalue weighted by molar-refractivity contribution is 0.465. The molecule has 0 bridgehead atoms. The van der Waals surface area contributed by atoms with Crippen molar-refractivity contribution >= 4 is 27.5 Å². The molecule has 3 heteroatoms. The Morgan fingerprint density at radius 1 is 1.43 bits per heavy atom. The summed E-state index contributed by atoms with van der Waals surface area (Å²) in [6.45, 7) is 7.43. The molecule has 0 saturated heterocycles.